The van der Waals surface area contributed by atoms with Crippen LogP contribution in [-0.4, -0.2) is 26.1 Å². The lowest BCUT2D eigenvalue weighted by Gasteiger charge is -2.13. The smallest absolute Gasteiger partial charge is 0.221 e. The number of tetrazole rings is 1. The number of benzene rings is 2. The van der Waals surface area contributed by atoms with Crippen LogP contribution in [-0.2, 0) is 4.79 Å². The number of aromatic nitrogens is 4. The van der Waals surface area contributed by atoms with E-state index < -0.39 is 0 Å². The van der Waals surface area contributed by atoms with E-state index in [1.807, 2.05) is 37.3 Å². The van der Waals surface area contributed by atoms with Gasteiger partial charge in [0.05, 0.1) is 11.4 Å². The highest BCUT2D eigenvalue weighted by atomic mass is 35.5. The van der Waals surface area contributed by atoms with Gasteiger partial charge in [0.2, 0.25) is 5.91 Å². The summed E-state index contributed by atoms with van der Waals surface area (Å²) in [6, 6.07) is 12.9. The molecular formula is C16H14ClN5O. The van der Waals surface area contributed by atoms with Crippen LogP contribution in [0.3, 0.4) is 0 Å². The number of anilines is 1. The van der Waals surface area contributed by atoms with Crippen LogP contribution < -0.4 is 5.32 Å². The lowest BCUT2D eigenvalue weighted by Crippen LogP contribution is -2.11. The van der Waals surface area contributed by atoms with Gasteiger partial charge in [-0.1, -0.05) is 23.7 Å². The molecular weight excluding hydrogens is 314 g/mol. The number of amides is 1. The molecule has 0 spiro atoms. The van der Waals surface area contributed by atoms with E-state index in [2.05, 4.69) is 20.8 Å². The molecule has 3 rings (SSSR count). The van der Waals surface area contributed by atoms with Gasteiger partial charge in [0.25, 0.3) is 0 Å². The third-order valence-corrected chi connectivity index (χ3v) is 3.58. The van der Waals surface area contributed by atoms with E-state index >= 15 is 0 Å². The molecule has 1 heterocycles. The highest BCUT2D eigenvalue weighted by Crippen LogP contribution is 2.28. The van der Waals surface area contributed by atoms with E-state index in [0.717, 1.165) is 16.8 Å². The van der Waals surface area contributed by atoms with Crippen LogP contribution in [0, 0.1) is 6.92 Å². The van der Waals surface area contributed by atoms with Crippen molar-refractivity contribution >= 4 is 23.2 Å². The Kier molecular flexibility index (Phi) is 4.08. The Labute approximate surface area is 138 Å². The van der Waals surface area contributed by atoms with Crippen LogP contribution in [0.25, 0.3) is 17.1 Å². The molecule has 0 aliphatic rings. The molecule has 6 nitrogen and oxygen atoms in total. The van der Waals surface area contributed by atoms with E-state index in [4.69, 9.17) is 11.6 Å². The quantitative estimate of drug-likeness (QED) is 0.801. The van der Waals surface area contributed by atoms with Crippen LogP contribution in [0.15, 0.2) is 42.5 Å². The van der Waals surface area contributed by atoms with Crippen LogP contribution >= 0.6 is 11.6 Å². The summed E-state index contributed by atoms with van der Waals surface area (Å²) in [7, 11) is 0. The van der Waals surface area contributed by atoms with E-state index in [9.17, 15) is 4.79 Å². The minimum Gasteiger partial charge on any atom is -0.324 e. The number of aryl methyl sites for hydroxylation is 1. The topological polar surface area (TPSA) is 72.7 Å². The summed E-state index contributed by atoms with van der Waals surface area (Å²) in [5.74, 6) is 0.417. The Bertz CT molecular complexity index is 857. The monoisotopic (exact) mass is 327 g/mol. The Morgan fingerprint density at radius 2 is 1.91 bits per heavy atom. The molecule has 7 heteroatoms. The maximum atomic E-state index is 11.5. The zero-order chi connectivity index (χ0) is 16.4. The molecule has 1 aromatic heterocycles. The van der Waals surface area contributed by atoms with Crippen LogP contribution in [0.2, 0.25) is 5.02 Å². The van der Waals surface area contributed by atoms with Crippen LogP contribution in [0.5, 0.6) is 0 Å². The first kappa shape index (κ1) is 15.2. The molecule has 0 saturated carbocycles. The van der Waals surface area contributed by atoms with E-state index in [-0.39, 0.29) is 5.91 Å². The Balaban J connectivity index is 2.16. The summed E-state index contributed by atoms with van der Waals surface area (Å²) in [4.78, 5) is 11.5. The maximum absolute atomic E-state index is 11.5. The molecule has 0 atom stereocenters. The Morgan fingerprint density at radius 1 is 1.17 bits per heavy atom. The van der Waals surface area contributed by atoms with Crippen molar-refractivity contribution in [2.24, 2.45) is 0 Å². The summed E-state index contributed by atoms with van der Waals surface area (Å²) in [6.45, 7) is 3.40. The predicted molar refractivity (Wildman–Crippen MR) is 88.6 cm³/mol. The third-order valence-electron chi connectivity index (χ3n) is 3.33. The fraction of sp³-hybridized carbons (Fsp3) is 0.125. The third kappa shape index (κ3) is 3.07. The number of hydrogen-bond acceptors (Lipinski definition) is 4. The number of halogens is 1. The van der Waals surface area contributed by atoms with Gasteiger partial charge in [0.1, 0.15) is 0 Å². The van der Waals surface area contributed by atoms with Crippen molar-refractivity contribution in [1.82, 2.24) is 20.2 Å². The minimum atomic E-state index is -0.155. The highest BCUT2D eigenvalue weighted by Gasteiger charge is 2.16. The normalized spacial score (nSPS) is 10.6. The second kappa shape index (κ2) is 6.18. The van der Waals surface area contributed by atoms with Crippen LogP contribution in [0.4, 0.5) is 5.69 Å². The fourth-order valence-electron chi connectivity index (χ4n) is 2.35. The number of para-hydroxylation sites is 1. The fourth-order valence-corrected chi connectivity index (χ4v) is 2.47. The summed E-state index contributed by atoms with van der Waals surface area (Å²) in [5, 5.41) is 15.4. The summed E-state index contributed by atoms with van der Waals surface area (Å²) in [5.41, 5.74) is 3.16. The molecule has 0 radical (unpaired) electrons. The van der Waals surface area contributed by atoms with Gasteiger partial charge in [-0.15, -0.1) is 5.10 Å². The zero-order valence-electron chi connectivity index (χ0n) is 12.6. The molecule has 0 bridgehead atoms. The van der Waals surface area contributed by atoms with Crippen molar-refractivity contribution in [3.05, 3.63) is 53.1 Å². The van der Waals surface area contributed by atoms with Gasteiger partial charge >= 0.3 is 0 Å². The molecule has 116 valence electrons. The average Bonchev–Trinajstić information content (AvgIpc) is 2.96. The SMILES string of the molecule is CC(=O)Nc1cccc(C)c1-n1nnnc1-c1ccc(Cl)cc1. The van der Waals surface area contributed by atoms with Gasteiger partial charge in [0, 0.05) is 17.5 Å². The molecule has 3 aromatic rings. The number of carbonyl (C=O) groups excluding carboxylic acids is 1. The second-order valence-corrected chi connectivity index (χ2v) is 5.51. The van der Waals surface area contributed by atoms with Gasteiger partial charge in [-0.05, 0) is 53.2 Å². The van der Waals surface area contributed by atoms with Gasteiger partial charge in [-0.25, -0.2) is 0 Å². The van der Waals surface area contributed by atoms with Crippen molar-refractivity contribution in [3.63, 3.8) is 0 Å². The largest absolute Gasteiger partial charge is 0.324 e. The van der Waals surface area contributed by atoms with Crippen molar-refractivity contribution in [1.29, 1.82) is 0 Å². The summed E-state index contributed by atoms with van der Waals surface area (Å²) in [6.07, 6.45) is 0. The standard InChI is InChI=1S/C16H14ClN5O/c1-10-4-3-5-14(18-11(2)23)15(10)22-16(19-20-21-22)12-6-8-13(17)9-7-12/h3-9H,1-2H3,(H,18,23). The molecule has 23 heavy (non-hydrogen) atoms. The van der Waals surface area contributed by atoms with E-state index in [1.165, 1.54) is 6.92 Å². The van der Waals surface area contributed by atoms with E-state index in [1.54, 1.807) is 16.8 Å². The lowest BCUT2D eigenvalue weighted by molar-refractivity contribution is -0.114. The predicted octanol–water partition coefficient (Wildman–Crippen LogP) is 3.25. The average molecular weight is 328 g/mol. The van der Waals surface area contributed by atoms with Gasteiger partial charge < -0.3 is 5.32 Å². The summed E-state index contributed by atoms with van der Waals surface area (Å²) >= 11 is 5.93. The number of nitrogens with zero attached hydrogens (tertiary/aromatic N) is 4. The number of nitrogens with one attached hydrogen (secondary N) is 1. The molecule has 1 N–H and O–H groups in total. The molecule has 0 saturated heterocycles. The van der Waals surface area contributed by atoms with Crippen LogP contribution in [0.1, 0.15) is 12.5 Å². The van der Waals surface area contributed by atoms with Gasteiger partial charge in [0.15, 0.2) is 5.82 Å². The number of rotatable bonds is 3. The van der Waals surface area contributed by atoms with Crippen molar-refractivity contribution < 1.29 is 4.79 Å². The lowest BCUT2D eigenvalue weighted by atomic mass is 10.1. The number of hydrogen-bond donors (Lipinski definition) is 1. The number of carbonyl (C=O) groups is 1. The minimum absolute atomic E-state index is 0.155. The van der Waals surface area contributed by atoms with Gasteiger partial charge in [-0.3, -0.25) is 4.79 Å². The Hall–Kier alpha value is -2.73. The van der Waals surface area contributed by atoms with Gasteiger partial charge in [-0.2, -0.15) is 4.68 Å². The molecule has 0 aliphatic carbocycles. The van der Waals surface area contributed by atoms with Crippen molar-refractivity contribution in [3.8, 4) is 17.1 Å². The first-order valence-corrected chi connectivity index (χ1v) is 7.36. The van der Waals surface area contributed by atoms with Crippen molar-refractivity contribution in [2.45, 2.75) is 13.8 Å². The molecule has 0 unspecified atom stereocenters. The Morgan fingerprint density at radius 3 is 2.61 bits per heavy atom. The first-order valence-electron chi connectivity index (χ1n) is 6.98. The van der Waals surface area contributed by atoms with Crippen molar-refractivity contribution in [2.75, 3.05) is 5.32 Å². The molecule has 1 amide bonds. The maximum Gasteiger partial charge on any atom is 0.221 e. The first-order chi connectivity index (χ1) is 11.1. The summed E-state index contributed by atoms with van der Waals surface area (Å²) < 4.78 is 1.61. The molecule has 0 fully saturated rings. The second-order valence-electron chi connectivity index (χ2n) is 5.07. The molecule has 2 aromatic carbocycles. The zero-order valence-corrected chi connectivity index (χ0v) is 13.4. The highest BCUT2D eigenvalue weighted by molar-refractivity contribution is 6.30. The molecule has 0 aliphatic heterocycles. The van der Waals surface area contributed by atoms with E-state index in [0.29, 0.717) is 16.5 Å².